The molecule has 2 heterocycles. The standard InChI is InChI=1S/C23H31N3O5/c1-4-5-6-9-14-24-19(27)15-31-22(30)23-13-12-20(28)26(23)18-11-8-7-10-17(18)21(29)25(23)16(2)3/h7-8,10-11,16H,4-6,9,12-15H2,1-3H3,(H,24,27)/t23-/m1/s1. The zero-order valence-corrected chi connectivity index (χ0v) is 18.5. The molecule has 31 heavy (non-hydrogen) atoms. The summed E-state index contributed by atoms with van der Waals surface area (Å²) in [5.41, 5.74) is -0.790. The number of fused-ring (bicyclic) bond motifs is 3. The van der Waals surface area contributed by atoms with E-state index in [9.17, 15) is 19.2 Å². The smallest absolute Gasteiger partial charge is 0.354 e. The second kappa shape index (κ2) is 9.49. The molecule has 0 aromatic heterocycles. The third-order valence-corrected chi connectivity index (χ3v) is 5.83. The van der Waals surface area contributed by atoms with Crippen molar-refractivity contribution in [3.63, 3.8) is 0 Å². The van der Waals surface area contributed by atoms with Gasteiger partial charge in [0.2, 0.25) is 11.6 Å². The second-order valence-electron chi connectivity index (χ2n) is 8.32. The van der Waals surface area contributed by atoms with Crippen molar-refractivity contribution in [3.05, 3.63) is 29.8 Å². The molecule has 0 saturated carbocycles. The highest BCUT2D eigenvalue weighted by molar-refractivity contribution is 6.15. The van der Waals surface area contributed by atoms with E-state index in [1.807, 2.05) is 0 Å². The average Bonchev–Trinajstić information content (AvgIpc) is 3.10. The molecule has 8 heteroatoms. The highest BCUT2D eigenvalue weighted by Crippen LogP contribution is 2.45. The summed E-state index contributed by atoms with van der Waals surface area (Å²) >= 11 is 0. The number of amides is 3. The molecule has 1 saturated heterocycles. The average molecular weight is 430 g/mol. The molecule has 0 aliphatic carbocycles. The number of rotatable bonds is 9. The Labute approximate surface area is 182 Å². The Hall–Kier alpha value is -2.90. The van der Waals surface area contributed by atoms with Crippen molar-refractivity contribution < 1.29 is 23.9 Å². The lowest BCUT2D eigenvalue weighted by Gasteiger charge is -2.50. The number of hydrogen-bond acceptors (Lipinski definition) is 5. The van der Waals surface area contributed by atoms with Gasteiger partial charge in [-0.15, -0.1) is 0 Å². The van der Waals surface area contributed by atoms with Crippen LogP contribution >= 0.6 is 0 Å². The van der Waals surface area contributed by atoms with Crippen LogP contribution in [0, 0.1) is 0 Å². The fourth-order valence-corrected chi connectivity index (χ4v) is 4.45. The number of para-hydroxylation sites is 1. The number of nitrogens with one attached hydrogen (secondary N) is 1. The lowest BCUT2D eigenvalue weighted by Crippen LogP contribution is -2.70. The highest BCUT2D eigenvalue weighted by Gasteiger charge is 2.62. The van der Waals surface area contributed by atoms with E-state index in [2.05, 4.69) is 12.2 Å². The Morgan fingerprint density at radius 3 is 2.61 bits per heavy atom. The van der Waals surface area contributed by atoms with Crippen LogP contribution in [0.25, 0.3) is 0 Å². The molecule has 3 rings (SSSR count). The summed E-state index contributed by atoms with van der Waals surface area (Å²) in [7, 11) is 0. The van der Waals surface area contributed by atoms with Gasteiger partial charge in [0.15, 0.2) is 6.61 Å². The van der Waals surface area contributed by atoms with Gasteiger partial charge in [0, 0.05) is 25.4 Å². The highest BCUT2D eigenvalue weighted by atomic mass is 16.5. The molecule has 3 amide bonds. The largest absolute Gasteiger partial charge is 0.452 e. The summed E-state index contributed by atoms with van der Waals surface area (Å²) in [5, 5.41) is 2.75. The first-order chi connectivity index (χ1) is 14.8. The van der Waals surface area contributed by atoms with Crippen molar-refractivity contribution in [3.8, 4) is 0 Å². The molecule has 0 bridgehead atoms. The van der Waals surface area contributed by atoms with Gasteiger partial charge in [-0.25, -0.2) is 4.79 Å². The van der Waals surface area contributed by atoms with E-state index in [1.165, 1.54) is 9.80 Å². The number of carbonyl (C=O) groups is 4. The maximum absolute atomic E-state index is 13.3. The van der Waals surface area contributed by atoms with Crippen LogP contribution in [0.15, 0.2) is 24.3 Å². The number of hydrogen-bond donors (Lipinski definition) is 1. The molecule has 168 valence electrons. The Balaban J connectivity index is 1.80. The van der Waals surface area contributed by atoms with Gasteiger partial charge in [0.05, 0.1) is 11.3 Å². The van der Waals surface area contributed by atoms with E-state index in [4.69, 9.17) is 4.74 Å². The predicted octanol–water partition coefficient (Wildman–Crippen LogP) is 2.61. The van der Waals surface area contributed by atoms with Crippen LogP contribution in [0.5, 0.6) is 0 Å². The summed E-state index contributed by atoms with van der Waals surface area (Å²) in [6.07, 6.45) is 4.35. The number of carbonyl (C=O) groups excluding carboxylic acids is 4. The van der Waals surface area contributed by atoms with Gasteiger partial charge in [0.1, 0.15) is 0 Å². The molecule has 2 aliphatic rings. The summed E-state index contributed by atoms with van der Waals surface area (Å²) in [6.45, 7) is 5.79. The van der Waals surface area contributed by atoms with Gasteiger partial charge >= 0.3 is 5.97 Å². The van der Waals surface area contributed by atoms with Crippen LogP contribution in [0.2, 0.25) is 0 Å². The Morgan fingerprint density at radius 2 is 1.90 bits per heavy atom. The zero-order valence-electron chi connectivity index (χ0n) is 18.5. The van der Waals surface area contributed by atoms with Crippen molar-refractivity contribution in [1.82, 2.24) is 10.2 Å². The first kappa shape index (κ1) is 22.8. The monoisotopic (exact) mass is 429 g/mol. The molecule has 2 aliphatic heterocycles. The lowest BCUT2D eigenvalue weighted by atomic mass is 9.95. The molecule has 1 aromatic rings. The van der Waals surface area contributed by atoms with Crippen molar-refractivity contribution in [2.45, 2.75) is 71.0 Å². The Kier molecular flexibility index (Phi) is 6.97. The number of ether oxygens (including phenoxy) is 1. The van der Waals surface area contributed by atoms with E-state index in [0.29, 0.717) is 17.8 Å². The zero-order chi connectivity index (χ0) is 22.6. The van der Waals surface area contributed by atoms with Crippen molar-refractivity contribution in [1.29, 1.82) is 0 Å². The molecule has 1 fully saturated rings. The summed E-state index contributed by atoms with van der Waals surface area (Å²) in [6, 6.07) is 6.42. The van der Waals surface area contributed by atoms with E-state index < -0.39 is 24.1 Å². The van der Waals surface area contributed by atoms with Gasteiger partial charge in [-0.3, -0.25) is 19.3 Å². The summed E-state index contributed by atoms with van der Waals surface area (Å²) < 4.78 is 5.38. The van der Waals surface area contributed by atoms with E-state index >= 15 is 0 Å². The third-order valence-electron chi connectivity index (χ3n) is 5.83. The Morgan fingerprint density at radius 1 is 1.16 bits per heavy atom. The minimum Gasteiger partial charge on any atom is -0.452 e. The molecule has 8 nitrogen and oxygen atoms in total. The maximum Gasteiger partial charge on any atom is 0.354 e. The predicted molar refractivity (Wildman–Crippen MR) is 115 cm³/mol. The van der Waals surface area contributed by atoms with E-state index in [0.717, 1.165) is 25.7 Å². The van der Waals surface area contributed by atoms with Crippen LogP contribution in [-0.4, -0.2) is 53.4 Å². The van der Waals surface area contributed by atoms with Gasteiger partial charge in [-0.1, -0.05) is 38.3 Å². The number of esters is 1. The van der Waals surface area contributed by atoms with Crippen LogP contribution in [0.1, 0.15) is 69.7 Å². The molecular weight excluding hydrogens is 398 g/mol. The topological polar surface area (TPSA) is 96.0 Å². The summed E-state index contributed by atoms with van der Waals surface area (Å²) in [4.78, 5) is 54.4. The van der Waals surface area contributed by atoms with Crippen LogP contribution in [0.4, 0.5) is 5.69 Å². The number of benzene rings is 1. The number of anilines is 1. The quantitative estimate of drug-likeness (QED) is 0.481. The van der Waals surface area contributed by atoms with Crippen molar-refractivity contribution >= 4 is 29.4 Å². The van der Waals surface area contributed by atoms with Gasteiger partial charge < -0.3 is 15.0 Å². The minimum atomic E-state index is -1.57. The fraction of sp³-hybridized carbons (Fsp3) is 0.565. The van der Waals surface area contributed by atoms with Crippen LogP contribution in [-0.2, 0) is 19.1 Å². The molecule has 0 radical (unpaired) electrons. The fourth-order valence-electron chi connectivity index (χ4n) is 4.45. The molecule has 1 aromatic carbocycles. The first-order valence-corrected chi connectivity index (χ1v) is 11.0. The molecule has 0 unspecified atom stereocenters. The number of nitrogens with zero attached hydrogens (tertiary/aromatic N) is 2. The third kappa shape index (κ3) is 4.16. The molecule has 0 spiro atoms. The maximum atomic E-state index is 13.3. The van der Waals surface area contributed by atoms with Crippen LogP contribution in [0.3, 0.4) is 0 Å². The molecule has 1 N–H and O–H groups in total. The lowest BCUT2D eigenvalue weighted by molar-refractivity contribution is -0.161. The molecular formula is C23H31N3O5. The normalized spacial score (nSPS) is 20.0. The minimum absolute atomic E-state index is 0.115. The Bertz CT molecular complexity index is 869. The van der Waals surface area contributed by atoms with E-state index in [1.54, 1.807) is 38.1 Å². The summed E-state index contributed by atoms with van der Waals surface area (Å²) in [5.74, 6) is -1.72. The van der Waals surface area contributed by atoms with Crippen molar-refractivity contribution in [2.75, 3.05) is 18.1 Å². The number of unbranched alkanes of at least 4 members (excludes halogenated alkanes) is 3. The van der Waals surface area contributed by atoms with Crippen molar-refractivity contribution in [2.24, 2.45) is 0 Å². The van der Waals surface area contributed by atoms with E-state index in [-0.39, 0.29) is 30.7 Å². The first-order valence-electron chi connectivity index (χ1n) is 11.0. The van der Waals surface area contributed by atoms with Gasteiger partial charge in [0.25, 0.3) is 11.8 Å². The SMILES string of the molecule is CCCCCCNC(=O)COC(=O)[C@@]12CCC(=O)N1c1ccccc1C(=O)N2C(C)C. The second-order valence-corrected chi connectivity index (χ2v) is 8.32. The van der Waals surface area contributed by atoms with Gasteiger partial charge in [-0.05, 0) is 32.4 Å². The molecule has 1 atom stereocenters. The van der Waals surface area contributed by atoms with Crippen LogP contribution < -0.4 is 10.2 Å². The van der Waals surface area contributed by atoms with Gasteiger partial charge in [-0.2, -0.15) is 0 Å².